The maximum absolute atomic E-state index is 12.3. The normalized spacial score (nSPS) is 19.9. The number of nitrogens with zero attached hydrogens (tertiary/aromatic N) is 2. The van der Waals surface area contributed by atoms with Crippen molar-refractivity contribution < 1.29 is 13.2 Å². The highest BCUT2D eigenvalue weighted by atomic mass is 32.2. The van der Waals surface area contributed by atoms with Crippen molar-refractivity contribution in [3.05, 3.63) is 30.1 Å². The Hall–Kier alpha value is -1.47. The molecule has 110 valence electrons. The van der Waals surface area contributed by atoms with E-state index in [-0.39, 0.29) is 11.8 Å². The van der Waals surface area contributed by atoms with Crippen molar-refractivity contribution in [2.75, 3.05) is 25.9 Å². The lowest BCUT2D eigenvalue weighted by Gasteiger charge is -2.32. The fraction of sp³-hybridized carbons (Fsp3) is 0.538. The fourth-order valence-electron chi connectivity index (χ4n) is 2.34. The zero-order chi connectivity index (χ0) is 14.6. The van der Waals surface area contributed by atoms with Gasteiger partial charge in [-0.3, -0.25) is 9.78 Å². The Morgan fingerprint density at radius 3 is 2.95 bits per heavy atom. The van der Waals surface area contributed by atoms with Crippen LogP contribution in [-0.4, -0.2) is 50.1 Å². The third-order valence-corrected chi connectivity index (χ3v) is 4.02. The predicted octanol–water partition coefficient (Wildman–Crippen LogP) is 0.483. The van der Waals surface area contributed by atoms with Gasteiger partial charge in [-0.05, 0) is 30.9 Å². The Balaban J connectivity index is 1.95. The molecule has 6 nitrogen and oxygen atoms in total. The fourth-order valence-corrected chi connectivity index (χ4v) is 2.88. The predicted molar refractivity (Wildman–Crippen MR) is 75.7 cm³/mol. The molecule has 1 aromatic heterocycles. The van der Waals surface area contributed by atoms with Gasteiger partial charge in [-0.1, -0.05) is 6.07 Å². The van der Waals surface area contributed by atoms with Gasteiger partial charge in [0.1, 0.15) is 5.69 Å². The average Bonchev–Trinajstić information content (AvgIpc) is 2.45. The number of amides is 1. The Bertz CT molecular complexity index is 559. The molecule has 0 saturated carbocycles. The summed E-state index contributed by atoms with van der Waals surface area (Å²) in [6.45, 7) is 1.65. The number of carbonyl (C=O) groups excluding carboxylic acids is 1. The molecular formula is C13H19N3O3S. The molecule has 1 aliphatic rings. The van der Waals surface area contributed by atoms with Crippen LogP contribution in [0.25, 0.3) is 0 Å². The molecule has 2 rings (SSSR count). The minimum atomic E-state index is -3.18. The van der Waals surface area contributed by atoms with E-state index >= 15 is 0 Å². The zero-order valence-electron chi connectivity index (χ0n) is 11.4. The number of nitrogens with one attached hydrogen (secondary N) is 1. The number of pyridine rings is 1. The van der Waals surface area contributed by atoms with Crippen LogP contribution in [0.5, 0.6) is 0 Å². The highest BCUT2D eigenvalue weighted by Gasteiger charge is 2.25. The van der Waals surface area contributed by atoms with Crippen LogP contribution in [0.4, 0.5) is 0 Å². The highest BCUT2D eigenvalue weighted by Crippen LogP contribution is 2.17. The standard InChI is InChI=1S/C13H19N3O3S/c1-20(18,19)15-9-11-5-4-8-16(10-11)13(17)12-6-2-3-7-14-12/h2-3,6-7,11,15H,4-5,8-10H2,1H3. The van der Waals surface area contributed by atoms with Crippen molar-refractivity contribution in [2.45, 2.75) is 12.8 Å². The van der Waals surface area contributed by atoms with Crippen molar-refractivity contribution in [3.63, 3.8) is 0 Å². The second kappa shape index (κ2) is 6.32. The number of hydrogen-bond acceptors (Lipinski definition) is 4. The molecule has 1 aromatic rings. The van der Waals surface area contributed by atoms with E-state index in [1.165, 1.54) is 0 Å². The number of hydrogen-bond donors (Lipinski definition) is 1. The van der Waals surface area contributed by atoms with Crippen LogP contribution in [0.1, 0.15) is 23.3 Å². The number of likely N-dealkylation sites (tertiary alicyclic amines) is 1. The van der Waals surface area contributed by atoms with Crippen LogP contribution in [0.2, 0.25) is 0 Å². The van der Waals surface area contributed by atoms with Gasteiger partial charge in [0.05, 0.1) is 6.26 Å². The molecule has 1 saturated heterocycles. The van der Waals surface area contributed by atoms with E-state index in [2.05, 4.69) is 9.71 Å². The summed E-state index contributed by atoms with van der Waals surface area (Å²) in [7, 11) is -3.18. The van der Waals surface area contributed by atoms with Gasteiger partial charge in [0.2, 0.25) is 10.0 Å². The SMILES string of the molecule is CS(=O)(=O)NCC1CCCN(C(=O)c2ccccn2)C1. The van der Waals surface area contributed by atoms with Crippen LogP contribution in [0.3, 0.4) is 0 Å². The summed E-state index contributed by atoms with van der Waals surface area (Å²) in [5, 5.41) is 0. The van der Waals surface area contributed by atoms with E-state index in [1.807, 2.05) is 0 Å². The maximum atomic E-state index is 12.3. The number of piperidine rings is 1. The lowest BCUT2D eigenvalue weighted by Crippen LogP contribution is -2.43. The number of rotatable bonds is 4. The van der Waals surface area contributed by atoms with E-state index in [4.69, 9.17) is 0 Å². The molecule has 0 aliphatic carbocycles. The Morgan fingerprint density at radius 2 is 2.30 bits per heavy atom. The summed E-state index contributed by atoms with van der Waals surface area (Å²) in [4.78, 5) is 18.1. The van der Waals surface area contributed by atoms with Crippen molar-refractivity contribution >= 4 is 15.9 Å². The second-order valence-corrected chi connectivity index (χ2v) is 6.93. The lowest BCUT2D eigenvalue weighted by molar-refractivity contribution is 0.0670. The number of carbonyl (C=O) groups is 1. The summed E-state index contributed by atoms with van der Waals surface area (Å²) < 4.78 is 24.7. The van der Waals surface area contributed by atoms with E-state index in [0.29, 0.717) is 25.3 Å². The molecule has 0 radical (unpaired) electrons. The Labute approximate surface area is 119 Å². The zero-order valence-corrected chi connectivity index (χ0v) is 12.3. The molecule has 1 unspecified atom stereocenters. The van der Waals surface area contributed by atoms with Gasteiger partial charge in [-0.15, -0.1) is 0 Å². The van der Waals surface area contributed by atoms with Crippen LogP contribution >= 0.6 is 0 Å². The Morgan fingerprint density at radius 1 is 1.50 bits per heavy atom. The summed E-state index contributed by atoms with van der Waals surface area (Å²) in [5.74, 6) is 0.0702. The maximum Gasteiger partial charge on any atom is 0.272 e. The van der Waals surface area contributed by atoms with Crippen LogP contribution in [0.15, 0.2) is 24.4 Å². The van der Waals surface area contributed by atoms with E-state index in [1.54, 1.807) is 29.3 Å². The topological polar surface area (TPSA) is 79.4 Å². The van der Waals surface area contributed by atoms with Gasteiger partial charge < -0.3 is 4.90 Å². The smallest absolute Gasteiger partial charge is 0.272 e. The van der Waals surface area contributed by atoms with E-state index in [9.17, 15) is 13.2 Å². The van der Waals surface area contributed by atoms with Crippen LogP contribution < -0.4 is 4.72 Å². The molecule has 20 heavy (non-hydrogen) atoms. The number of sulfonamides is 1. The second-order valence-electron chi connectivity index (χ2n) is 5.10. The summed E-state index contributed by atoms with van der Waals surface area (Å²) in [6.07, 6.45) is 4.55. The molecule has 0 aromatic carbocycles. The van der Waals surface area contributed by atoms with Crippen LogP contribution in [0, 0.1) is 5.92 Å². The van der Waals surface area contributed by atoms with Crippen molar-refractivity contribution in [2.24, 2.45) is 5.92 Å². The van der Waals surface area contributed by atoms with E-state index in [0.717, 1.165) is 19.1 Å². The first kappa shape index (κ1) is 14.9. The first-order valence-corrected chi connectivity index (χ1v) is 8.50. The molecule has 2 heterocycles. The average molecular weight is 297 g/mol. The lowest BCUT2D eigenvalue weighted by atomic mass is 9.98. The largest absolute Gasteiger partial charge is 0.337 e. The van der Waals surface area contributed by atoms with Crippen LogP contribution in [-0.2, 0) is 10.0 Å². The van der Waals surface area contributed by atoms with Gasteiger partial charge in [0.15, 0.2) is 0 Å². The summed E-state index contributed by atoms with van der Waals surface area (Å²) >= 11 is 0. The molecule has 1 fully saturated rings. The first-order chi connectivity index (χ1) is 9.46. The molecule has 1 amide bonds. The molecule has 0 spiro atoms. The van der Waals surface area contributed by atoms with E-state index < -0.39 is 10.0 Å². The van der Waals surface area contributed by atoms with Gasteiger partial charge in [-0.2, -0.15) is 0 Å². The quantitative estimate of drug-likeness (QED) is 0.877. The molecule has 1 N–H and O–H groups in total. The minimum Gasteiger partial charge on any atom is -0.337 e. The number of aromatic nitrogens is 1. The Kier molecular flexibility index (Phi) is 4.72. The molecule has 1 aliphatic heterocycles. The molecular weight excluding hydrogens is 278 g/mol. The molecule has 0 bridgehead atoms. The molecule has 1 atom stereocenters. The monoisotopic (exact) mass is 297 g/mol. The minimum absolute atomic E-state index is 0.0883. The highest BCUT2D eigenvalue weighted by molar-refractivity contribution is 7.88. The van der Waals surface area contributed by atoms with Gasteiger partial charge in [0.25, 0.3) is 5.91 Å². The summed E-state index contributed by atoms with van der Waals surface area (Å²) in [5.41, 5.74) is 0.434. The van der Waals surface area contributed by atoms with Gasteiger partial charge >= 0.3 is 0 Å². The third-order valence-electron chi connectivity index (χ3n) is 3.32. The summed E-state index contributed by atoms with van der Waals surface area (Å²) in [6, 6.07) is 5.25. The van der Waals surface area contributed by atoms with Crippen molar-refractivity contribution in [1.29, 1.82) is 0 Å². The third kappa shape index (κ3) is 4.28. The van der Waals surface area contributed by atoms with Gasteiger partial charge in [0, 0.05) is 25.8 Å². The van der Waals surface area contributed by atoms with Crippen molar-refractivity contribution in [1.82, 2.24) is 14.6 Å². The molecule has 7 heteroatoms. The van der Waals surface area contributed by atoms with Gasteiger partial charge in [-0.25, -0.2) is 13.1 Å². The first-order valence-electron chi connectivity index (χ1n) is 6.60. The van der Waals surface area contributed by atoms with Crippen molar-refractivity contribution in [3.8, 4) is 0 Å².